The Kier molecular flexibility index (Phi) is 4.80. The first kappa shape index (κ1) is 21.0. The second-order valence-electron chi connectivity index (χ2n) is 7.14. The molecule has 4 heterocycles. The van der Waals surface area contributed by atoms with Crippen LogP contribution in [0.2, 0.25) is 0 Å². The van der Waals surface area contributed by atoms with E-state index in [1.165, 1.54) is 0 Å². The van der Waals surface area contributed by atoms with Crippen molar-refractivity contribution < 1.29 is 36.8 Å². The topological polar surface area (TPSA) is 164 Å². The van der Waals surface area contributed by atoms with Gasteiger partial charge in [0, 0.05) is 5.56 Å². The van der Waals surface area contributed by atoms with Gasteiger partial charge < -0.3 is 20.1 Å². The van der Waals surface area contributed by atoms with Crippen molar-refractivity contribution in [1.82, 2.24) is 19.5 Å². The SMILES string of the molecule is Nc1nc2c(ncn2[C@@H]2O[C@H](COP3(=O)OCc4ccccc4O3)[C@@H](O)C2(F)F)c(=O)[nH]1. The van der Waals surface area contributed by atoms with E-state index in [0.717, 1.165) is 10.9 Å². The molecule has 0 spiro atoms. The van der Waals surface area contributed by atoms with Crippen LogP contribution in [0.4, 0.5) is 14.7 Å². The number of aromatic amines is 1. The number of hydrogen-bond donors (Lipinski definition) is 3. The molecule has 170 valence electrons. The molecular formula is C17H16F2N5O7P. The Labute approximate surface area is 177 Å². The zero-order valence-corrected chi connectivity index (χ0v) is 16.9. The van der Waals surface area contributed by atoms with Crippen LogP contribution >= 0.6 is 7.82 Å². The van der Waals surface area contributed by atoms with E-state index >= 15 is 0 Å². The first-order valence-corrected chi connectivity index (χ1v) is 10.7. The molecule has 3 aromatic rings. The maximum Gasteiger partial charge on any atom is 0.530 e. The molecule has 15 heteroatoms. The Hall–Kier alpha value is -2.90. The van der Waals surface area contributed by atoms with Gasteiger partial charge in [0.15, 0.2) is 17.3 Å². The summed E-state index contributed by atoms with van der Waals surface area (Å²) in [7, 11) is -4.13. The number of rotatable bonds is 4. The lowest BCUT2D eigenvalue weighted by Gasteiger charge is -2.25. The van der Waals surface area contributed by atoms with Gasteiger partial charge in [0.25, 0.3) is 5.56 Å². The summed E-state index contributed by atoms with van der Waals surface area (Å²) < 4.78 is 64.0. The number of aromatic nitrogens is 4. The molecule has 1 unspecified atom stereocenters. The van der Waals surface area contributed by atoms with Crippen LogP contribution in [0.1, 0.15) is 11.8 Å². The molecule has 2 aliphatic heterocycles. The Balaban J connectivity index is 1.37. The van der Waals surface area contributed by atoms with Crippen LogP contribution in [0.5, 0.6) is 5.75 Å². The Bertz CT molecular complexity index is 1300. The van der Waals surface area contributed by atoms with Crippen LogP contribution in [0, 0.1) is 0 Å². The van der Waals surface area contributed by atoms with E-state index in [9.17, 15) is 23.2 Å². The number of anilines is 1. The maximum atomic E-state index is 14.8. The molecule has 0 aliphatic carbocycles. The van der Waals surface area contributed by atoms with Gasteiger partial charge in [-0.1, -0.05) is 18.2 Å². The smallest absolute Gasteiger partial charge is 0.404 e. The van der Waals surface area contributed by atoms with Gasteiger partial charge in [-0.05, 0) is 6.07 Å². The highest BCUT2D eigenvalue weighted by atomic mass is 31.2. The first-order valence-electron chi connectivity index (χ1n) is 9.28. The van der Waals surface area contributed by atoms with Crippen LogP contribution in [0.25, 0.3) is 11.2 Å². The predicted molar refractivity (Wildman–Crippen MR) is 103 cm³/mol. The van der Waals surface area contributed by atoms with E-state index < -0.39 is 44.3 Å². The van der Waals surface area contributed by atoms with Crippen LogP contribution < -0.4 is 15.8 Å². The normalized spacial score (nSPS) is 29.0. The van der Waals surface area contributed by atoms with Crippen molar-refractivity contribution in [2.45, 2.75) is 31.0 Å². The summed E-state index contributed by atoms with van der Waals surface area (Å²) in [6.45, 7) is -0.793. The first-order chi connectivity index (χ1) is 15.2. The fourth-order valence-electron chi connectivity index (χ4n) is 3.46. The molecule has 0 amide bonds. The molecule has 12 nitrogen and oxygen atoms in total. The van der Waals surface area contributed by atoms with Gasteiger partial charge in [0.05, 0.1) is 19.5 Å². The number of phosphoric ester groups is 1. The Morgan fingerprint density at radius 3 is 3.00 bits per heavy atom. The number of nitrogens with one attached hydrogen (secondary N) is 1. The van der Waals surface area contributed by atoms with Crippen LogP contribution in [0.3, 0.4) is 0 Å². The zero-order valence-electron chi connectivity index (χ0n) is 16.1. The number of imidazole rings is 1. The van der Waals surface area contributed by atoms with Gasteiger partial charge in [-0.15, -0.1) is 0 Å². The molecule has 5 rings (SSSR count). The lowest BCUT2D eigenvalue weighted by atomic mass is 10.1. The van der Waals surface area contributed by atoms with Crippen molar-refractivity contribution in [3.05, 3.63) is 46.5 Å². The number of nitrogens with two attached hydrogens (primary N) is 1. The molecule has 0 radical (unpaired) electrons. The van der Waals surface area contributed by atoms with Crippen molar-refractivity contribution in [3.63, 3.8) is 0 Å². The third-order valence-electron chi connectivity index (χ3n) is 5.04. The minimum absolute atomic E-state index is 0.0665. The summed E-state index contributed by atoms with van der Waals surface area (Å²) in [5.41, 5.74) is 4.91. The number of para-hydroxylation sites is 1. The third-order valence-corrected chi connectivity index (χ3v) is 6.37. The molecule has 2 aromatic heterocycles. The number of H-pyrrole nitrogens is 1. The molecule has 4 atom stereocenters. The highest BCUT2D eigenvalue weighted by Gasteiger charge is 2.60. The Morgan fingerprint density at radius 2 is 2.19 bits per heavy atom. The summed E-state index contributed by atoms with van der Waals surface area (Å²) in [6.07, 6.45) is -5.11. The number of ether oxygens (including phenoxy) is 1. The maximum absolute atomic E-state index is 14.8. The van der Waals surface area contributed by atoms with E-state index in [4.69, 9.17) is 24.0 Å². The number of aliphatic hydroxyl groups is 1. The molecule has 32 heavy (non-hydrogen) atoms. The average Bonchev–Trinajstić information content (AvgIpc) is 3.25. The number of nitrogen functional groups attached to an aromatic ring is 1. The van der Waals surface area contributed by atoms with Crippen LogP contribution in [-0.4, -0.2) is 49.4 Å². The van der Waals surface area contributed by atoms with Gasteiger partial charge in [-0.3, -0.25) is 23.4 Å². The number of benzene rings is 1. The largest absolute Gasteiger partial charge is 0.530 e. The monoisotopic (exact) mass is 471 g/mol. The fraction of sp³-hybridized carbons (Fsp3) is 0.353. The zero-order chi connectivity index (χ0) is 22.7. The second-order valence-corrected chi connectivity index (χ2v) is 8.73. The number of aliphatic hydroxyl groups excluding tert-OH is 1. The summed E-state index contributed by atoms with van der Waals surface area (Å²) in [5, 5.41) is 10.2. The van der Waals surface area contributed by atoms with Gasteiger partial charge in [-0.25, -0.2) is 9.55 Å². The molecule has 0 saturated carbocycles. The van der Waals surface area contributed by atoms with Gasteiger partial charge >= 0.3 is 13.7 Å². The van der Waals surface area contributed by atoms with Crippen molar-refractivity contribution in [2.75, 3.05) is 12.3 Å². The van der Waals surface area contributed by atoms with Gasteiger partial charge in [0.1, 0.15) is 11.9 Å². The molecule has 4 N–H and O–H groups in total. The van der Waals surface area contributed by atoms with Crippen molar-refractivity contribution >= 4 is 24.9 Å². The molecular weight excluding hydrogens is 455 g/mol. The molecule has 1 saturated heterocycles. The minimum Gasteiger partial charge on any atom is -0.404 e. The molecule has 0 bridgehead atoms. The predicted octanol–water partition coefficient (Wildman–Crippen LogP) is 1.33. The van der Waals surface area contributed by atoms with E-state index in [-0.39, 0.29) is 29.5 Å². The highest BCUT2D eigenvalue weighted by Crippen LogP contribution is 2.55. The van der Waals surface area contributed by atoms with E-state index in [0.29, 0.717) is 5.56 Å². The van der Waals surface area contributed by atoms with Crippen molar-refractivity contribution in [3.8, 4) is 5.75 Å². The lowest BCUT2D eigenvalue weighted by molar-refractivity contribution is -0.138. The molecule has 2 aliphatic rings. The summed E-state index contributed by atoms with van der Waals surface area (Å²) >= 11 is 0. The number of hydrogen-bond acceptors (Lipinski definition) is 10. The van der Waals surface area contributed by atoms with E-state index in [1.807, 2.05) is 0 Å². The number of fused-ring (bicyclic) bond motifs is 2. The number of alkyl halides is 2. The van der Waals surface area contributed by atoms with Gasteiger partial charge in [0.2, 0.25) is 12.2 Å². The number of nitrogens with zero attached hydrogens (tertiary/aromatic N) is 3. The van der Waals surface area contributed by atoms with Crippen molar-refractivity contribution in [1.29, 1.82) is 0 Å². The minimum atomic E-state index is -4.13. The third kappa shape index (κ3) is 3.36. The van der Waals surface area contributed by atoms with Gasteiger partial charge in [-0.2, -0.15) is 13.8 Å². The van der Waals surface area contributed by atoms with Crippen molar-refractivity contribution in [2.24, 2.45) is 0 Å². The Morgan fingerprint density at radius 1 is 1.41 bits per heavy atom. The summed E-state index contributed by atoms with van der Waals surface area (Å²) in [4.78, 5) is 21.7. The fourth-order valence-corrected chi connectivity index (χ4v) is 4.68. The average molecular weight is 471 g/mol. The quantitative estimate of drug-likeness (QED) is 0.473. The summed E-state index contributed by atoms with van der Waals surface area (Å²) in [5.74, 6) is -3.87. The standard InChI is InChI=1S/C17H16F2N5O7P/c18-17(19)12(25)10(6-29-32(27)28-5-8-3-1-2-4-9(8)31-32)30-15(17)24-7-21-11-13(24)22-16(20)23-14(11)26/h1-4,7,10,12,15,25H,5-6H2,(H3,20,22,23,26)/t10-,12-,15-,32?/m1/s1. The van der Waals surface area contributed by atoms with E-state index in [2.05, 4.69) is 15.0 Å². The number of halogens is 2. The highest BCUT2D eigenvalue weighted by molar-refractivity contribution is 7.49. The summed E-state index contributed by atoms with van der Waals surface area (Å²) in [6, 6.07) is 6.66. The lowest BCUT2D eigenvalue weighted by Crippen LogP contribution is -2.39. The molecule has 1 fully saturated rings. The molecule has 1 aromatic carbocycles. The van der Waals surface area contributed by atoms with Crippen LogP contribution in [-0.2, 0) is 25.0 Å². The van der Waals surface area contributed by atoms with Crippen LogP contribution in [0.15, 0.2) is 35.4 Å². The second kappa shape index (κ2) is 7.32. The number of phosphoric acid groups is 1. The van der Waals surface area contributed by atoms with E-state index in [1.54, 1.807) is 24.3 Å².